The lowest BCUT2D eigenvalue weighted by Gasteiger charge is -2.08. The van der Waals surface area contributed by atoms with Gasteiger partial charge in [0.05, 0.1) is 5.02 Å². The number of thiophene rings is 1. The maximum absolute atomic E-state index is 12.6. The Labute approximate surface area is 184 Å². The van der Waals surface area contributed by atoms with Crippen molar-refractivity contribution >= 4 is 72.1 Å². The number of amides is 2. The smallest absolute Gasteiger partial charge is 0.267 e. The molecule has 0 aliphatic rings. The zero-order chi connectivity index (χ0) is 20.4. The number of fused-ring (bicyclic) bond motifs is 1. The lowest BCUT2D eigenvalue weighted by Crippen LogP contribution is -2.12. The molecule has 0 bridgehead atoms. The van der Waals surface area contributed by atoms with E-state index in [1.165, 1.54) is 11.3 Å². The minimum Gasteiger partial charge on any atom is -0.322 e. The van der Waals surface area contributed by atoms with E-state index in [4.69, 9.17) is 11.6 Å². The van der Waals surface area contributed by atoms with Crippen LogP contribution in [0.2, 0.25) is 5.02 Å². The molecular weight excluding hydrogens is 472 g/mol. The molecule has 3 aromatic carbocycles. The molecule has 144 valence electrons. The number of hydrogen-bond acceptors (Lipinski definition) is 3. The molecule has 0 aliphatic carbocycles. The molecule has 1 heterocycles. The van der Waals surface area contributed by atoms with Crippen molar-refractivity contribution < 1.29 is 9.59 Å². The molecule has 4 rings (SSSR count). The van der Waals surface area contributed by atoms with E-state index in [9.17, 15) is 9.59 Å². The minimum absolute atomic E-state index is 0.202. The van der Waals surface area contributed by atoms with Gasteiger partial charge in [-0.05, 0) is 54.6 Å². The Morgan fingerprint density at radius 1 is 0.793 bits per heavy atom. The molecule has 0 radical (unpaired) electrons. The SMILES string of the molecule is O=C(Nc1ccc(NC(=O)c2sc3ccccc3c2Cl)cc1)c1ccc(Br)cc1. The van der Waals surface area contributed by atoms with Crippen LogP contribution in [0.15, 0.2) is 77.3 Å². The van der Waals surface area contributed by atoms with E-state index in [1.54, 1.807) is 36.4 Å². The summed E-state index contributed by atoms with van der Waals surface area (Å²) in [5.41, 5.74) is 1.81. The monoisotopic (exact) mass is 484 g/mol. The van der Waals surface area contributed by atoms with Crippen LogP contribution in [-0.2, 0) is 0 Å². The lowest BCUT2D eigenvalue weighted by molar-refractivity contribution is 0.102. The Kier molecular flexibility index (Phi) is 5.67. The highest BCUT2D eigenvalue weighted by atomic mass is 79.9. The molecule has 1 aromatic heterocycles. The van der Waals surface area contributed by atoms with Crippen molar-refractivity contribution in [1.29, 1.82) is 0 Å². The van der Waals surface area contributed by atoms with Crippen molar-refractivity contribution in [2.75, 3.05) is 10.6 Å². The molecule has 29 heavy (non-hydrogen) atoms. The van der Waals surface area contributed by atoms with Crippen LogP contribution in [-0.4, -0.2) is 11.8 Å². The highest BCUT2D eigenvalue weighted by Crippen LogP contribution is 2.35. The van der Waals surface area contributed by atoms with Gasteiger partial charge in [-0.3, -0.25) is 9.59 Å². The zero-order valence-corrected chi connectivity index (χ0v) is 18.1. The number of halogens is 2. The highest BCUT2D eigenvalue weighted by Gasteiger charge is 2.17. The molecule has 0 aliphatic heterocycles. The van der Waals surface area contributed by atoms with Gasteiger partial charge in [0.25, 0.3) is 11.8 Å². The molecule has 0 spiro atoms. The van der Waals surface area contributed by atoms with Gasteiger partial charge in [-0.1, -0.05) is 45.7 Å². The maximum Gasteiger partial charge on any atom is 0.267 e. The molecule has 0 unspecified atom stereocenters. The summed E-state index contributed by atoms with van der Waals surface area (Å²) in [5, 5.41) is 7.01. The van der Waals surface area contributed by atoms with Gasteiger partial charge in [0, 0.05) is 31.5 Å². The molecule has 0 atom stereocenters. The van der Waals surface area contributed by atoms with Crippen molar-refractivity contribution in [2.24, 2.45) is 0 Å². The van der Waals surface area contributed by atoms with E-state index in [0.717, 1.165) is 14.6 Å². The van der Waals surface area contributed by atoms with Crippen LogP contribution in [0.1, 0.15) is 20.0 Å². The summed E-state index contributed by atoms with van der Waals surface area (Å²) >= 11 is 11.1. The zero-order valence-electron chi connectivity index (χ0n) is 14.9. The number of carbonyl (C=O) groups excluding carboxylic acids is 2. The van der Waals surface area contributed by atoms with Crippen LogP contribution in [0.3, 0.4) is 0 Å². The minimum atomic E-state index is -0.261. The second kappa shape index (κ2) is 8.37. The van der Waals surface area contributed by atoms with Gasteiger partial charge in [-0.25, -0.2) is 0 Å². The Morgan fingerprint density at radius 3 is 2.00 bits per heavy atom. The molecule has 7 heteroatoms. The van der Waals surface area contributed by atoms with E-state index in [1.807, 2.05) is 36.4 Å². The van der Waals surface area contributed by atoms with Gasteiger partial charge in [0.15, 0.2) is 0 Å². The van der Waals surface area contributed by atoms with Gasteiger partial charge in [0.1, 0.15) is 4.88 Å². The van der Waals surface area contributed by atoms with Crippen LogP contribution < -0.4 is 10.6 Å². The summed E-state index contributed by atoms with van der Waals surface area (Å²) in [5.74, 6) is -0.464. The highest BCUT2D eigenvalue weighted by molar-refractivity contribution is 9.10. The number of anilines is 2. The van der Waals surface area contributed by atoms with E-state index in [0.29, 0.717) is 26.8 Å². The third-order valence-corrected chi connectivity index (χ3v) is 6.45. The topological polar surface area (TPSA) is 58.2 Å². The average Bonchev–Trinajstić information content (AvgIpc) is 3.07. The first kappa shape index (κ1) is 19.6. The van der Waals surface area contributed by atoms with Crippen LogP contribution in [0.25, 0.3) is 10.1 Å². The normalized spacial score (nSPS) is 10.7. The first-order chi connectivity index (χ1) is 14.0. The summed E-state index contributed by atoms with van der Waals surface area (Å²) in [7, 11) is 0. The second-order valence-electron chi connectivity index (χ2n) is 6.23. The van der Waals surface area contributed by atoms with Gasteiger partial charge in [0.2, 0.25) is 0 Å². The van der Waals surface area contributed by atoms with Gasteiger partial charge >= 0.3 is 0 Å². The predicted molar refractivity (Wildman–Crippen MR) is 123 cm³/mol. The summed E-state index contributed by atoms with van der Waals surface area (Å²) in [6.07, 6.45) is 0. The third-order valence-electron chi connectivity index (χ3n) is 4.25. The number of rotatable bonds is 4. The molecule has 4 nitrogen and oxygen atoms in total. The Bertz CT molecular complexity index is 1200. The Balaban J connectivity index is 1.45. The number of hydrogen-bond donors (Lipinski definition) is 2. The molecule has 0 saturated carbocycles. The van der Waals surface area contributed by atoms with Crippen molar-refractivity contribution in [2.45, 2.75) is 0 Å². The van der Waals surface area contributed by atoms with E-state index in [2.05, 4.69) is 26.6 Å². The Morgan fingerprint density at radius 2 is 1.38 bits per heavy atom. The predicted octanol–water partition coefficient (Wildman–Crippen LogP) is 6.82. The van der Waals surface area contributed by atoms with E-state index < -0.39 is 0 Å². The molecule has 2 amide bonds. The van der Waals surface area contributed by atoms with Crippen molar-refractivity contribution in [3.63, 3.8) is 0 Å². The van der Waals surface area contributed by atoms with Crippen molar-refractivity contribution in [1.82, 2.24) is 0 Å². The molecule has 0 saturated heterocycles. The number of carbonyl (C=O) groups is 2. The first-order valence-electron chi connectivity index (χ1n) is 8.66. The van der Waals surface area contributed by atoms with E-state index in [-0.39, 0.29) is 11.8 Å². The van der Waals surface area contributed by atoms with Crippen molar-refractivity contribution in [3.8, 4) is 0 Å². The quantitative estimate of drug-likeness (QED) is 0.333. The second-order valence-corrected chi connectivity index (χ2v) is 8.58. The van der Waals surface area contributed by atoms with Crippen molar-refractivity contribution in [3.05, 3.63) is 92.7 Å². The average molecular weight is 486 g/mol. The fourth-order valence-corrected chi connectivity index (χ4v) is 4.47. The fourth-order valence-electron chi connectivity index (χ4n) is 2.79. The van der Waals surface area contributed by atoms with Gasteiger partial charge < -0.3 is 10.6 Å². The molecule has 2 N–H and O–H groups in total. The van der Waals surface area contributed by atoms with E-state index >= 15 is 0 Å². The van der Waals surface area contributed by atoms with Crippen LogP contribution in [0.5, 0.6) is 0 Å². The number of nitrogens with one attached hydrogen (secondary N) is 2. The van der Waals surface area contributed by atoms with Crippen LogP contribution in [0, 0.1) is 0 Å². The summed E-state index contributed by atoms with van der Waals surface area (Å²) in [4.78, 5) is 25.4. The van der Waals surface area contributed by atoms with Crippen LogP contribution in [0.4, 0.5) is 11.4 Å². The first-order valence-corrected chi connectivity index (χ1v) is 10.7. The largest absolute Gasteiger partial charge is 0.322 e. The van der Waals surface area contributed by atoms with Crippen LogP contribution >= 0.6 is 38.9 Å². The number of benzene rings is 3. The lowest BCUT2D eigenvalue weighted by atomic mass is 10.2. The summed E-state index contributed by atoms with van der Waals surface area (Å²) < 4.78 is 1.88. The maximum atomic E-state index is 12.6. The molecular formula is C22H14BrClN2O2S. The molecule has 0 fully saturated rings. The summed E-state index contributed by atoms with van der Waals surface area (Å²) in [6.45, 7) is 0. The molecule has 4 aromatic rings. The van der Waals surface area contributed by atoms with Gasteiger partial charge in [-0.15, -0.1) is 11.3 Å². The standard InChI is InChI=1S/C22H14BrClN2O2S/c23-14-7-5-13(6-8-14)21(27)25-15-9-11-16(12-10-15)26-22(28)20-19(24)17-3-1-2-4-18(17)29-20/h1-12H,(H,25,27)(H,26,28). The Hall–Kier alpha value is -2.67. The fraction of sp³-hybridized carbons (Fsp3) is 0. The van der Waals surface area contributed by atoms with Gasteiger partial charge in [-0.2, -0.15) is 0 Å². The summed E-state index contributed by atoms with van der Waals surface area (Å²) in [6, 6.07) is 21.7. The third kappa shape index (κ3) is 4.34.